The van der Waals surface area contributed by atoms with Crippen LogP contribution in [0.3, 0.4) is 0 Å². The van der Waals surface area contributed by atoms with Gasteiger partial charge in [-0.25, -0.2) is 4.98 Å². The first kappa shape index (κ1) is 22.1. The second-order valence-corrected chi connectivity index (χ2v) is 7.60. The Morgan fingerprint density at radius 2 is 1.64 bits per heavy atom. The number of fused-ring (bicyclic) bond motifs is 1. The molecular weight excluding hydrogens is 416 g/mol. The summed E-state index contributed by atoms with van der Waals surface area (Å²) in [5.41, 5.74) is 3.32. The van der Waals surface area contributed by atoms with E-state index in [-0.39, 0.29) is 18.4 Å². The quantitative estimate of drug-likeness (QED) is 0.416. The van der Waals surface area contributed by atoms with Crippen LogP contribution < -0.4 is 15.4 Å². The third kappa shape index (κ3) is 5.57. The molecule has 1 heterocycles. The molecule has 0 atom stereocenters. The van der Waals surface area contributed by atoms with Crippen molar-refractivity contribution in [3.8, 4) is 5.75 Å². The minimum absolute atomic E-state index is 0.108. The molecule has 0 unspecified atom stereocenters. The Morgan fingerprint density at radius 1 is 0.909 bits per heavy atom. The summed E-state index contributed by atoms with van der Waals surface area (Å²) in [6.07, 6.45) is 0.513. The number of imidazole rings is 1. The van der Waals surface area contributed by atoms with Gasteiger partial charge in [0.2, 0.25) is 5.91 Å². The number of carbonyl (C=O) groups is 2. The average Bonchev–Trinajstić information content (AvgIpc) is 3.20. The van der Waals surface area contributed by atoms with Gasteiger partial charge in [0.25, 0.3) is 5.91 Å². The molecule has 0 saturated heterocycles. The van der Waals surface area contributed by atoms with Crippen LogP contribution in [0.5, 0.6) is 5.75 Å². The van der Waals surface area contributed by atoms with Crippen molar-refractivity contribution in [3.05, 3.63) is 95.8 Å². The fraction of sp³-hybridized carbons (Fsp3) is 0.192. The number of para-hydroxylation sites is 2. The van der Waals surface area contributed by atoms with Crippen LogP contribution in [0.2, 0.25) is 0 Å². The largest absolute Gasteiger partial charge is 0.497 e. The zero-order valence-corrected chi connectivity index (χ0v) is 18.5. The number of ether oxygens (including phenoxy) is 1. The van der Waals surface area contributed by atoms with Crippen LogP contribution in [0.15, 0.2) is 78.9 Å². The molecule has 3 aromatic carbocycles. The normalized spacial score (nSPS) is 10.7. The third-order valence-electron chi connectivity index (χ3n) is 5.35. The van der Waals surface area contributed by atoms with Crippen LogP contribution in [0.4, 0.5) is 0 Å². The van der Waals surface area contributed by atoms with Crippen LogP contribution >= 0.6 is 0 Å². The Bertz CT molecular complexity index is 1230. The van der Waals surface area contributed by atoms with E-state index < -0.39 is 0 Å². The molecule has 0 fully saturated rings. The lowest BCUT2D eigenvalue weighted by Crippen LogP contribution is -2.29. The minimum atomic E-state index is -0.129. The molecule has 0 aliphatic heterocycles. The van der Waals surface area contributed by atoms with Gasteiger partial charge in [-0.2, -0.15) is 0 Å². The lowest BCUT2D eigenvalue weighted by molar-refractivity contribution is -0.121. The average molecular weight is 443 g/mol. The van der Waals surface area contributed by atoms with Crippen molar-refractivity contribution in [1.82, 2.24) is 20.2 Å². The Kier molecular flexibility index (Phi) is 6.99. The Morgan fingerprint density at radius 3 is 2.39 bits per heavy atom. The maximum absolute atomic E-state index is 12.7. The molecule has 2 N–H and O–H groups in total. The molecule has 4 rings (SSSR count). The Labute approximate surface area is 192 Å². The van der Waals surface area contributed by atoms with Gasteiger partial charge >= 0.3 is 0 Å². The van der Waals surface area contributed by atoms with Crippen LogP contribution in [-0.2, 0) is 24.3 Å². The van der Waals surface area contributed by atoms with Gasteiger partial charge in [0.15, 0.2) is 0 Å². The lowest BCUT2D eigenvalue weighted by Gasteiger charge is -2.11. The van der Waals surface area contributed by atoms with E-state index in [9.17, 15) is 9.59 Å². The van der Waals surface area contributed by atoms with Gasteiger partial charge < -0.3 is 19.9 Å². The number of nitrogens with one attached hydrogen (secondary N) is 2. The molecule has 2 amide bonds. The molecular formula is C26H26N4O3. The van der Waals surface area contributed by atoms with E-state index in [4.69, 9.17) is 9.72 Å². The van der Waals surface area contributed by atoms with Crippen molar-refractivity contribution in [3.63, 3.8) is 0 Å². The summed E-state index contributed by atoms with van der Waals surface area (Å²) < 4.78 is 7.08. The summed E-state index contributed by atoms with van der Waals surface area (Å²) in [7, 11) is 1.62. The van der Waals surface area contributed by atoms with Crippen LogP contribution in [0.1, 0.15) is 21.7 Å². The summed E-state index contributed by atoms with van der Waals surface area (Å²) in [6.45, 7) is 1.00. The molecule has 0 spiro atoms. The Balaban J connectivity index is 1.41. The number of aromatic nitrogens is 2. The van der Waals surface area contributed by atoms with Crippen molar-refractivity contribution >= 4 is 22.8 Å². The van der Waals surface area contributed by atoms with Crippen molar-refractivity contribution in [2.24, 2.45) is 0 Å². The number of methoxy groups -OCH3 is 1. The number of benzene rings is 3. The minimum Gasteiger partial charge on any atom is -0.497 e. The van der Waals surface area contributed by atoms with E-state index in [2.05, 4.69) is 10.6 Å². The number of hydrogen-bond acceptors (Lipinski definition) is 4. The number of amides is 2. The highest BCUT2D eigenvalue weighted by atomic mass is 16.5. The first-order valence-corrected chi connectivity index (χ1v) is 10.8. The highest BCUT2D eigenvalue weighted by molar-refractivity contribution is 5.94. The van der Waals surface area contributed by atoms with E-state index >= 15 is 0 Å². The topological polar surface area (TPSA) is 85.2 Å². The van der Waals surface area contributed by atoms with E-state index in [1.165, 1.54) is 0 Å². The van der Waals surface area contributed by atoms with Crippen molar-refractivity contribution < 1.29 is 14.3 Å². The maximum atomic E-state index is 12.7. The molecule has 4 aromatic rings. The summed E-state index contributed by atoms with van der Waals surface area (Å²) in [6, 6.07) is 24.4. The van der Waals surface area contributed by atoms with E-state index in [1.807, 2.05) is 71.3 Å². The molecule has 0 bridgehead atoms. The maximum Gasteiger partial charge on any atom is 0.251 e. The third-order valence-corrected chi connectivity index (χ3v) is 5.35. The molecule has 0 saturated carbocycles. The Hall–Kier alpha value is -4.13. The van der Waals surface area contributed by atoms with Gasteiger partial charge in [0.1, 0.15) is 18.1 Å². The number of hydrogen-bond donors (Lipinski definition) is 2. The van der Waals surface area contributed by atoms with Gasteiger partial charge in [-0.3, -0.25) is 9.59 Å². The van der Waals surface area contributed by atoms with E-state index in [0.29, 0.717) is 25.1 Å². The first-order chi connectivity index (χ1) is 16.1. The number of carbonyl (C=O) groups excluding carboxylic acids is 2. The zero-order chi connectivity index (χ0) is 23.0. The molecule has 1 aromatic heterocycles. The monoisotopic (exact) mass is 442 g/mol. The van der Waals surface area contributed by atoms with Gasteiger partial charge in [-0.05, 0) is 42.0 Å². The van der Waals surface area contributed by atoms with Gasteiger partial charge in [-0.15, -0.1) is 0 Å². The molecule has 168 valence electrons. The summed E-state index contributed by atoms with van der Waals surface area (Å²) in [5, 5.41) is 5.89. The van der Waals surface area contributed by atoms with Crippen molar-refractivity contribution in [2.45, 2.75) is 19.5 Å². The van der Waals surface area contributed by atoms with Gasteiger partial charge in [0, 0.05) is 25.1 Å². The molecule has 33 heavy (non-hydrogen) atoms. The van der Waals surface area contributed by atoms with Crippen molar-refractivity contribution in [2.75, 3.05) is 13.7 Å². The summed E-state index contributed by atoms with van der Waals surface area (Å²) >= 11 is 0. The summed E-state index contributed by atoms with van der Waals surface area (Å²) in [5.74, 6) is 1.29. The lowest BCUT2D eigenvalue weighted by atomic mass is 10.2. The van der Waals surface area contributed by atoms with Gasteiger partial charge in [-0.1, -0.05) is 42.5 Å². The fourth-order valence-electron chi connectivity index (χ4n) is 3.62. The predicted molar refractivity (Wildman–Crippen MR) is 127 cm³/mol. The SMILES string of the molecule is COc1ccc(CNC(=O)Cn2c(CCNC(=O)c3ccccc3)nc3ccccc32)cc1. The predicted octanol–water partition coefficient (Wildman–Crippen LogP) is 3.33. The molecule has 0 aliphatic carbocycles. The van der Waals surface area contributed by atoms with Gasteiger partial charge in [0.05, 0.1) is 18.1 Å². The number of rotatable bonds is 9. The van der Waals surface area contributed by atoms with Crippen LogP contribution in [0, 0.1) is 0 Å². The molecule has 7 heteroatoms. The zero-order valence-electron chi connectivity index (χ0n) is 18.5. The van der Waals surface area contributed by atoms with Crippen LogP contribution in [-0.4, -0.2) is 35.0 Å². The van der Waals surface area contributed by atoms with E-state index in [0.717, 1.165) is 28.2 Å². The fourth-order valence-corrected chi connectivity index (χ4v) is 3.62. The second kappa shape index (κ2) is 10.5. The number of nitrogens with zero attached hydrogens (tertiary/aromatic N) is 2. The van der Waals surface area contributed by atoms with E-state index in [1.54, 1.807) is 19.2 Å². The second-order valence-electron chi connectivity index (χ2n) is 7.60. The first-order valence-electron chi connectivity index (χ1n) is 10.8. The summed E-state index contributed by atoms with van der Waals surface area (Å²) in [4.78, 5) is 29.7. The smallest absolute Gasteiger partial charge is 0.251 e. The standard InChI is InChI=1S/C26H26N4O3/c1-33-21-13-11-19(12-14-21)17-28-25(31)18-30-23-10-6-5-9-22(23)29-24(30)15-16-27-26(32)20-7-3-2-4-8-20/h2-14H,15-18H2,1H3,(H,27,32)(H,28,31). The molecule has 7 nitrogen and oxygen atoms in total. The highest BCUT2D eigenvalue weighted by Gasteiger charge is 2.14. The van der Waals surface area contributed by atoms with Crippen LogP contribution in [0.25, 0.3) is 11.0 Å². The van der Waals surface area contributed by atoms with Crippen molar-refractivity contribution in [1.29, 1.82) is 0 Å². The molecule has 0 radical (unpaired) electrons. The molecule has 0 aliphatic rings. The highest BCUT2D eigenvalue weighted by Crippen LogP contribution is 2.17.